The third kappa shape index (κ3) is 4.44. The molecule has 0 unspecified atom stereocenters. The topological polar surface area (TPSA) is 52.6 Å². The molecule has 1 aromatic carbocycles. The van der Waals surface area contributed by atoms with Crippen molar-refractivity contribution in [1.29, 1.82) is 0 Å². The van der Waals surface area contributed by atoms with E-state index in [4.69, 9.17) is 4.99 Å². The lowest BCUT2D eigenvalue weighted by Crippen LogP contribution is -2.48. The van der Waals surface area contributed by atoms with Crippen molar-refractivity contribution in [3.63, 3.8) is 0 Å². The molecule has 146 valence electrons. The monoisotopic (exact) mass is 393 g/mol. The highest BCUT2D eigenvalue weighted by atomic mass is 32.1. The Morgan fingerprint density at radius 3 is 2.82 bits per heavy atom. The molecule has 0 atom stereocenters. The van der Waals surface area contributed by atoms with Gasteiger partial charge in [0.15, 0.2) is 5.96 Å². The van der Waals surface area contributed by atoms with E-state index in [2.05, 4.69) is 63.2 Å². The van der Waals surface area contributed by atoms with Gasteiger partial charge in [-0.1, -0.05) is 18.2 Å². The summed E-state index contributed by atoms with van der Waals surface area (Å²) in [6, 6.07) is 15.1. The second kappa shape index (κ2) is 9.06. The first-order chi connectivity index (χ1) is 13.8. The molecule has 28 heavy (non-hydrogen) atoms. The number of thiophene rings is 1. The quantitative estimate of drug-likeness (QED) is 0.508. The summed E-state index contributed by atoms with van der Waals surface area (Å²) in [5.41, 5.74) is 2.23. The number of hydrogen-bond acceptors (Lipinski definition) is 4. The van der Waals surface area contributed by atoms with E-state index >= 15 is 0 Å². The molecule has 5 nitrogen and oxygen atoms in total. The molecule has 3 aromatic rings. The fraction of sp³-hybridized carbons (Fsp3) is 0.364. The number of benzene rings is 1. The van der Waals surface area contributed by atoms with Crippen molar-refractivity contribution in [2.45, 2.75) is 32.4 Å². The molecule has 1 aliphatic heterocycles. The number of nitrogens with one attached hydrogen (secondary N) is 2. The molecule has 0 bridgehead atoms. The maximum absolute atomic E-state index is 4.85. The highest BCUT2D eigenvalue weighted by Crippen LogP contribution is 2.24. The van der Waals surface area contributed by atoms with Crippen molar-refractivity contribution in [2.75, 3.05) is 24.5 Å². The minimum atomic E-state index is 0.461. The van der Waals surface area contributed by atoms with E-state index in [-0.39, 0.29) is 0 Å². The molecule has 6 heteroatoms. The number of piperidine rings is 1. The molecule has 2 aromatic heterocycles. The molecular formula is C22H27N5S. The Labute approximate surface area is 170 Å². The standard InChI is InChI=1S/C22H27N5S/c1-2-23-22(25-16-17-9-12-24-20-7-4-3-6-19(17)20)26-18-10-13-27(14-11-18)21-8-5-15-28-21/h3-9,12,15,18H,2,10-11,13-14,16H2,1H3,(H2,23,25,26). The Hall–Kier alpha value is -2.60. The zero-order chi connectivity index (χ0) is 19.2. The number of rotatable bonds is 5. The van der Waals surface area contributed by atoms with Gasteiger partial charge in [-0.15, -0.1) is 11.3 Å². The van der Waals surface area contributed by atoms with Gasteiger partial charge in [-0.25, -0.2) is 4.99 Å². The zero-order valence-corrected chi connectivity index (χ0v) is 17.1. The molecule has 0 spiro atoms. The predicted octanol–water partition coefficient (Wildman–Crippen LogP) is 4.02. The van der Waals surface area contributed by atoms with Crippen LogP contribution in [0.15, 0.2) is 59.0 Å². The smallest absolute Gasteiger partial charge is 0.191 e. The van der Waals surface area contributed by atoms with E-state index < -0.39 is 0 Å². The molecule has 0 saturated carbocycles. The average Bonchev–Trinajstić information content (AvgIpc) is 3.27. The summed E-state index contributed by atoms with van der Waals surface area (Å²) in [4.78, 5) is 11.8. The van der Waals surface area contributed by atoms with E-state index in [0.717, 1.165) is 44.0 Å². The van der Waals surface area contributed by atoms with Gasteiger partial charge in [-0.05, 0) is 55.0 Å². The second-order valence-corrected chi connectivity index (χ2v) is 7.97. The number of guanidine groups is 1. The maximum atomic E-state index is 4.85. The summed E-state index contributed by atoms with van der Waals surface area (Å²) >= 11 is 1.82. The van der Waals surface area contributed by atoms with Crippen LogP contribution >= 0.6 is 11.3 Å². The summed E-state index contributed by atoms with van der Waals surface area (Å²) in [7, 11) is 0. The largest absolute Gasteiger partial charge is 0.363 e. The number of pyridine rings is 1. The molecule has 3 heterocycles. The fourth-order valence-electron chi connectivity index (χ4n) is 3.66. The van der Waals surface area contributed by atoms with Crippen LogP contribution in [0.5, 0.6) is 0 Å². The lowest BCUT2D eigenvalue weighted by atomic mass is 10.1. The van der Waals surface area contributed by atoms with Gasteiger partial charge >= 0.3 is 0 Å². The first kappa shape index (κ1) is 18.7. The van der Waals surface area contributed by atoms with Crippen molar-refractivity contribution in [3.05, 3.63) is 59.6 Å². The minimum Gasteiger partial charge on any atom is -0.363 e. The fourth-order valence-corrected chi connectivity index (χ4v) is 4.45. The summed E-state index contributed by atoms with van der Waals surface area (Å²) < 4.78 is 0. The van der Waals surface area contributed by atoms with Crippen LogP contribution in [-0.4, -0.2) is 36.6 Å². The first-order valence-electron chi connectivity index (χ1n) is 9.99. The number of nitrogens with zero attached hydrogens (tertiary/aromatic N) is 3. The Kier molecular flexibility index (Phi) is 6.07. The number of hydrogen-bond donors (Lipinski definition) is 2. The zero-order valence-electron chi connectivity index (χ0n) is 16.3. The lowest BCUT2D eigenvalue weighted by molar-refractivity contribution is 0.463. The predicted molar refractivity (Wildman–Crippen MR) is 119 cm³/mol. The third-order valence-corrected chi connectivity index (χ3v) is 6.07. The van der Waals surface area contributed by atoms with E-state index in [0.29, 0.717) is 12.6 Å². The van der Waals surface area contributed by atoms with Gasteiger partial charge in [0.25, 0.3) is 0 Å². The van der Waals surface area contributed by atoms with Crippen molar-refractivity contribution < 1.29 is 0 Å². The second-order valence-electron chi connectivity index (χ2n) is 7.04. The van der Waals surface area contributed by atoms with E-state index in [9.17, 15) is 0 Å². The van der Waals surface area contributed by atoms with E-state index in [1.165, 1.54) is 16.0 Å². The maximum Gasteiger partial charge on any atom is 0.191 e. The molecule has 1 aliphatic rings. The SMILES string of the molecule is CCNC(=NCc1ccnc2ccccc12)NC1CCN(c2cccs2)CC1. The number of aromatic nitrogens is 1. The summed E-state index contributed by atoms with van der Waals surface area (Å²) in [6.07, 6.45) is 4.12. The van der Waals surface area contributed by atoms with Crippen molar-refractivity contribution >= 4 is 33.2 Å². The Balaban J connectivity index is 1.40. The highest BCUT2D eigenvalue weighted by molar-refractivity contribution is 7.14. The van der Waals surface area contributed by atoms with Crippen LogP contribution in [0.4, 0.5) is 5.00 Å². The van der Waals surface area contributed by atoms with Crippen LogP contribution < -0.4 is 15.5 Å². The van der Waals surface area contributed by atoms with Gasteiger partial charge < -0.3 is 15.5 Å². The first-order valence-corrected chi connectivity index (χ1v) is 10.9. The molecular weight excluding hydrogens is 366 g/mol. The summed E-state index contributed by atoms with van der Waals surface area (Å²) in [5, 5.41) is 11.7. The van der Waals surface area contributed by atoms with Crippen LogP contribution in [0.1, 0.15) is 25.3 Å². The third-order valence-electron chi connectivity index (χ3n) is 5.14. The number of aliphatic imine (C=N–C) groups is 1. The van der Waals surface area contributed by atoms with Crippen LogP contribution in [0.2, 0.25) is 0 Å². The van der Waals surface area contributed by atoms with Gasteiger partial charge in [0.05, 0.1) is 17.1 Å². The number of para-hydroxylation sites is 1. The lowest BCUT2D eigenvalue weighted by Gasteiger charge is -2.33. The van der Waals surface area contributed by atoms with E-state index in [1.54, 1.807) is 0 Å². The molecule has 0 radical (unpaired) electrons. The van der Waals surface area contributed by atoms with Gasteiger partial charge in [-0.2, -0.15) is 0 Å². The van der Waals surface area contributed by atoms with Gasteiger partial charge in [-0.3, -0.25) is 4.98 Å². The van der Waals surface area contributed by atoms with Gasteiger partial charge in [0.2, 0.25) is 0 Å². The van der Waals surface area contributed by atoms with Crippen LogP contribution in [-0.2, 0) is 6.54 Å². The van der Waals surface area contributed by atoms with Crippen molar-refractivity contribution in [2.24, 2.45) is 4.99 Å². The van der Waals surface area contributed by atoms with E-state index in [1.807, 2.05) is 29.7 Å². The Morgan fingerprint density at radius 2 is 2.04 bits per heavy atom. The molecule has 1 saturated heterocycles. The minimum absolute atomic E-state index is 0.461. The highest BCUT2D eigenvalue weighted by Gasteiger charge is 2.20. The van der Waals surface area contributed by atoms with Crippen LogP contribution in [0.25, 0.3) is 10.9 Å². The van der Waals surface area contributed by atoms with Gasteiger partial charge in [0, 0.05) is 37.3 Å². The Bertz CT molecular complexity index is 908. The molecule has 1 fully saturated rings. The normalized spacial score (nSPS) is 15.8. The molecule has 0 amide bonds. The summed E-state index contributed by atoms with van der Waals surface area (Å²) in [6.45, 7) is 5.79. The average molecular weight is 394 g/mol. The van der Waals surface area contributed by atoms with Gasteiger partial charge in [0.1, 0.15) is 0 Å². The number of anilines is 1. The van der Waals surface area contributed by atoms with Crippen molar-refractivity contribution in [3.8, 4) is 0 Å². The van der Waals surface area contributed by atoms with Crippen LogP contribution in [0.3, 0.4) is 0 Å². The Morgan fingerprint density at radius 1 is 1.18 bits per heavy atom. The summed E-state index contributed by atoms with van der Waals surface area (Å²) in [5.74, 6) is 0.901. The molecule has 0 aliphatic carbocycles. The molecule has 4 rings (SSSR count). The van der Waals surface area contributed by atoms with Crippen LogP contribution in [0, 0.1) is 0 Å². The number of fused-ring (bicyclic) bond motifs is 1. The van der Waals surface area contributed by atoms with Crippen molar-refractivity contribution in [1.82, 2.24) is 15.6 Å². The molecule has 2 N–H and O–H groups in total.